The molecule has 2 N–H and O–H groups in total. The lowest BCUT2D eigenvalue weighted by Crippen LogP contribution is -1.92. The molecule has 0 saturated heterocycles. The Labute approximate surface area is 98.0 Å². The number of benzene rings is 1. The molecule has 0 atom stereocenters. The molecule has 1 aromatic carbocycles. The molecule has 0 radical (unpaired) electrons. The van der Waals surface area contributed by atoms with E-state index in [0.29, 0.717) is 18.6 Å². The summed E-state index contributed by atoms with van der Waals surface area (Å²) >= 11 is 1.56. The van der Waals surface area contributed by atoms with Gasteiger partial charge in [0.2, 0.25) is 0 Å². The number of aliphatic hydroxyl groups excluding tert-OH is 1. The van der Waals surface area contributed by atoms with E-state index in [9.17, 15) is 5.11 Å². The topological polar surface area (TPSA) is 53.4 Å². The van der Waals surface area contributed by atoms with Crippen LogP contribution < -0.4 is 0 Å². The Balaban J connectivity index is 2.11. The maximum atomic E-state index is 9.62. The van der Waals surface area contributed by atoms with Gasteiger partial charge in [0.1, 0.15) is 5.75 Å². The van der Waals surface area contributed by atoms with Crippen molar-refractivity contribution >= 4 is 11.3 Å². The van der Waals surface area contributed by atoms with Crippen LogP contribution in [0.3, 0.4) is 0 Å². The predicted octanol–water partition coefficient (Wildman–Crippen LogP) is 1.97. The number of para-hydroxylation sites is 1. The largest absolute Gasteiger partial charge is 0.508 e. The number of nitrogens with zero attached hydrogens (tertiary/aromatic N) is 1. The number of aromatic nitrogens is 1. The molecule has 0 aliphatic rings. The SMILES string of the molecule is OCCc1csc(Cc2ccccc2O)n1. The van der Waals surface area contributed by atoms with Gasteiger partial charge in [0, 0.05) is 30.4 Å². The highest BCUT2D eigenvalue weighted by molar-refractivity contribution is 7.09. The molecule has 84 valence electrons. The average Bonchev–Trinajstić information content (AvgIpc) is 2.70. The molecule has 4 heteroatoms. The van der Waals surface area contributed by atoms with Crippen LogP contribution >= 0.6 is 11.3 Å². The molecule has 0 aliphatic carbocycles. The third-order valence-corrected chi connectivity index (χ3v) is 3.20. The van der Waals surface area contributed by atoms with Crippen molar-refractivity contribution in [2.45, 2.75) is 12.8 Å². The van der Waals surface area contributed by atoms with Gasteiger partial charge in [0.25, 0.3) is 0 Å². The van der Waals surface area contributed by atoms with Crippen molar-refractivity contribution in [2.24, 2.45) is 0 Å². The van der Waals surface area contributed by atoms with Gasteiger partial charge in [0.15, 0.2) is 0 Å². The molecule has 0 unspecified atom stereocenters. The van der Waals surface area contributed by atoms with Crippen molar-refractivity contribution in [3.05, 3.63) is 45.9 Å². The quantitative estimate of drug-likeness (QED) is 0.852. The number of rotatable bonds is 4. The molecule has 0 spiro atoms. The predicted molar refractivity (Wildman–Crippen MR) is 63.8 cm³/mol. The third-order valence-electron chi connectivity index (χ3n) is 2.30. The molecular weight excluding hydrogens is 222 g/mol. The third kappa shape index (κ3) is 2.59. The molecule has 1 aromatic heterocycles. The van der Waals surface area contributed by atoms with Gasteiger partial charge in [-0.3, -0.25) is 0 Å². The van der Waals surface area contributed by atoms with Crippen LogP contribution in [0.2, 0.25) is 0 Å². The molecule has 0 amide bonds. The van der Waals surface area contributed by atoms with Crippen LogP contribution in [0.5, 0.6) is 5.75 Å². The van der Waals surface area contributed by atoms with Gasteiger partial charge in [-0.05, 0) is 6.07 Å². The Morgan fingerprint density at radius 3 is 2.81 bits per heavy atom. The molecule has 0 fully saturated rings. The Morgan fingerprint density at radius 1 is 1.25 bits per heavy atom. The fourth-order valence-corrected chi connectivity index (χ4v) is 2.33. The smallest absolute Gasteiger partial charge is 0.119 e. The van der Waals surface area contributed by atoms with Crippen LogP contribution in [-0.2, 0) is 12.8 Å². The van der Waals surface area contributed by atoms with E-state index in [0.717, 1.165) is 16.3 Å². The highest BCUT2D eigenvalue weighted by Gasteiger charge is 2.05. The fourth-order valence-electron chi connectivity index (χ4n) is 1.48. The molecule has 0 aliphatic heterocycles. The summed E-state index contributed by atoms with van der Waals surface area (Å²) in [6.07, 6.45) is 1.24. The van der Waals surface area contributed by atoms with Crippen molar-refractivity contribution < 1.29 is 10.2 Å². The maximum absolute atomic E-state index is 9.62. The van der Waals surface area contributed by atoms with Crippen molar-refractivity contribution in [3.8, 4) is 5.75 Å². The molecule has 0 saturated carbocycles. The van der Waals surface area contributed by atoms with Gasteiger partial charge in [0.05, 0.1) is 10.7 Å². The Morgan fingerprint density at radius 2 is 2.06 bits per heavy atom. The van der Waals surface area contributed by atoms with Crippen LogP contribution in [0.15, 0.2) is 29.6 Å². The summed E-state index contributed by atoms with van der Waals surface area (Å²) in [4.78, 5) is 4.38. The van der Waals surface area contributed by atoms with E-state index in [2.05, 4.69) is 4.98 Å². The Bertz CT molecular complexity index is 468. The summed E-state index contributed by atoms with van der Waals surface area (Å²) in [5, 5.41) is 21.3. The van der Waals surface area contributed by atoms with E-state index < -0.39 is 0 Å². The van der Waals surface area contributed by atoms with Crippen molar-refractivity contribution in [3.63, 3.8) is 0 Å². The lowest BCUT2D eigenvalue weighted by Gasteiger charge is -2.00. The number of aromatic hydroxyl groups is 1. The molecule has 16 heavy (non-hydrogen) atoms. The molecule has 3 nitrogen and oxygen atoms in total. The second-order valence-electron chi connectivity index (χ2n) is 3.51. The number of phenols is 1. The summed E-state index contributed by atoms with van der Waals surface area (Å²) in [6, 6.07) is 7.27. The number of thiazole rings is 1. The van der Waals surface area contributed by atoms with E-state index in [1.54, 1.807) is 23.5 Å². The van der Waals surface area contributed by atoms with Crippen LogP contribution in [-0.4, -0.2) is 21.8 Å². The van der Waals surface area contributed by atoms with Crippen LogP contribution in [0.4, 0.5) is 0 Å². The minimum absolute atomic E-state index is 0.125. The molecular formula is C12H13NO2S. The van der Waals surface area contributed by atoms with E-state index in [4.69, 9.17) is 5.11 Å². The molecule has 2 aromatic rings. The monoisotopic (exact) mass is 235 g/mol. The summed E-state index contributed by atoms with van der Waals surface area (Å²) in [5.74, 6) is 0.307. The van der Waals surface area contributed by atoms with Crippen molar-refractivity contribution in [2.75, 3.05) is 6.61 Å². The molecule has 2 rings (SSSR count). The lowest BCUT2D eigenvalue weighted by molar-refractivity contribution is 0.298. The Hall–Kier alpha value is -1.39. The zero-order valence-electron chi connectivity index (χ0n) is 8.76. The van der Waals surface area contributed by atoms with E-state index >= 15 is 0 Å². The summed E-state index contributed by atoms with van der Waals surface area (Å²) in [6.45, 7) is 0.125. The maximum Gasteiger partial charge on any atom is 0.119 e. The molecule has 1 heterocycles. The number of hydrogen-bond donors (Lipinski definition) is 2. The summed E-state index contributed by atoms with van der Waals surface area (Å²) in [7, 11) is 0. The fraction of sp³-hybridized carbons (Fsp3) is 0.250. The van der Waals surface area contributed by atoms with Crippen molar-refractivity contribution in [1.29, 1.82) is 0 Å². The van der Waals surface area contributed by atoms with Gasteiger partial charge in [-0.25, -0.2) is 4.98 Å². The summed E-state index contributed by atoms with van der Waals surface area (Å²) in [5.41, 5.74) is 1.80. The second-order valence-corrected chi connectivity index (χ2v) is 4.45. The highest BCUT2D eigenvalue weighted by atomic mass is 32.1. The normalized spacial score (nSPS) is 10.6. The van der Waals surface area contributed by atoms with Crippen LogP contribution in [0.25, 0.3) is 0 Å². The Kier molecular flexibility index (Phi) is 3.54. The minimum atomic E-state index is 0.125. The zero-order chi connectivity index (χ0) is 11.4. The summed E-state index contributed by atoms with van der Waals surface area (Å²) < 4.78 is 0. The standard InChI is InChI=1S/C12H13NO2S/c14-6-5-10-8-16-12(13-10)7-9-3-1-2-4-11(9)15/h1-4,8,14-15H,5-7H2. The molecule has 0 bridgehead atoms. The van der Waals surface area contributed by atoms with Crippen LogP contribution in [0, 0.1) is 0 Å². The van der Waals surface area contributed by atoms with Gasteiger partial charge in [-0.2, -0.15) is 0 Å². The minimum Gasteiger partial charge on any atom is -0.508 e. The van der Waals surface area contributed by atoms with Gasteiger partial charge in [-0.1, -0.05) is 18.2 Å². The van der Waals surface area contributed by atoms with Gasteiger partial charge < -0.3 is 10.2 Å². The van der Waals surface area contributed by atoms with Gasteiger partial charge >= 0.3 is 0 Å². The number of aliphatic hydroxyl groups is 1. The number of phenolic OH excluding ortho intramolecular Hbond substituents is 1. The first kappa shape index (κ1) is 11.1. The van der Waals surface area contributed by atoms with E-state index in [1.807, 2.05) is 17.5 Å². The number of hydrogen-bond acceptors (Lipinski definition) is 4. The van der Waals surface area contributed by atoms with Crippen molar-refractivity contribution in [1.82, 2.24) is 4.98 Å². The average molecular weight is 235 g/mol. The van der Waals surface area contributed by atoms with E-state index in [1.165, 1.54) is 0 Å². The van der Waals surface area contributed by atoms with Gasteiger partial charge in [-0.15, -0.1) is 11.3 Å². The first-order valence-electron chi connectivity index (χ1n) is 5.10. The zero-order valence-corrected chi connectivity index (χ0v) is 9.57. The first-order chi connectivity index (χ1) is 7.79. The lowest BCUT2D eigenvalue weighted by atomic mass is 10.1. The van der Waals surface area contributed by atoms with E-state index in [-0.39, 0.29) is 6.61 Å². The first-order valence-corrected chi connectivity index (χ1v) is 5.98. The highest BCUT2D eigenvalue weighted by Crippen LogP contribution is 2.21. The second kappa shape index (κ2) is 5.09. The van der Waals surface area contributed by atoms with Crippen LogP contribution in [0.1, 0.15) is 16.3 Å².